The van der Waals surface area contributed by atoms with Crippen molar-refractivity contribution in [3.63, 3.8) is 0 Å². The third kappa shape index (κ3) is 3.20. The molecule has 2 rings (SSSR count). The minimum absolute atomic E-state index is 0.266. The largest absolute Gasteiger partial charge is 0.379 e. The van der Waals surface area contributed by atoms with Crippen LogP contribution < -0.4 is 5.14 Å². The van der Waals surface area contributed by atoms with E-state index in [-0.39, 0.29) is 6.04 Å². The number of hydrogen-bond donors (Lipinski definition) is 1. The zero-order valence-electron chi connectivity index (χ0n) is 11.2. The fourth-order valence-electron chi connectivity index (χ4n) is 2.07. The van der Waals surface area contributed by atoms with Crippen LogP contribution in [0.4, 0.5) is 8.78 Å². The number of carbonyl (C=O) groups excluding carboxylic acids is 1. The van der Waals surface area contributed by atoms with E-state index in [1.807, 2.05) is 0 Å². The summed E-state index contributed by atoms with van der Waals surface area (Å²) in [5.74, 6) is -3.67. The molecule has 1 aliphatic rings. The van der Waals surface area contributed by atoms with E-state index < -0.39 is 38.0 Å². The number of nitrogens with zero attached hydrogens (tertiary/aromatic N) is 1. The number of sulfonamides is 1. The summed E-state index contributed by atoms with van der Waals surface area (Å²) in [4.78, 5) is 12.8. The first kappa shape index (κ1) is 15.8. The molecular formula is C12H14F2N2O4S. The summed E-state index contributed by atoms with van der Waals surface area (Å²) in [7, 11) is -2.83. The van der Waals surface area contributed by atoms with Crippen molar-refractivity contribution in [3.8, 4) is 0 Å². The monoisotopic (exact) mass is 320 g/mol. The lowest BCUT2D eigenvalue weighted by Gasteiger charge is -2.23. The number of ether oxygens (including phenoxy) is 1. The Morgan fingerprint density at radius 3 is 2.62 bits per heavy atom. The second kappa shape index (κ2) is 5.66. The number of primary sulfonamides is 1. The van der Waals surface area contributed by atoms with Gasteiger partial charge in [0.05, 0.1) is 23.1 Å². The molecule has 21 heavy (non-hydrogen) atoms. The maximum atomic E-state index is 13.8. The molecule has 1 aromatic carbocycles. The number of rotatable bonds is 3. The van der Waals surface area contributed by atoms with E-state index in [9.17, 15) is 22.0 Å². The Morgan fingerprint density at radius 1 is 1.43 bits per heavy atom. The number of halogens is 2. The summed E-state index contributed by atoms with van der Waals surface area (Å²) in [6.07, 6.45) is 0.571. The second-order valence-electron chi connectivity index (χ2n) is 4.75. The van der Waals surface area contributed by atoms with Crippen LogP contribution in [0.25, 0.3) is 0 Å². The molecule has 116 valence electrons. The van der Waals surface area contributed by atoms with Gasteiger partial charge in [-0.15, -0.1) is 0 Å². The quantitative estimate of drug-likeness (QED) is 0.877. The molecular weight excluding hydrogens is 306 g/mol. The number of benzene rings is 1. The van der Waals surface area contributed by atoms with Crippen molar-refractivity contribution in [3.05, 3.63) is 29.3 Å². The SMILES string of the molecule is CN(C(=O)c1cc(S(N)(=O)=O)cc(F)c1F)C1CCOC1. The molecule has 1 heterocycles. The van der Waals surface area contributed by atoms with Gasteiger partial charge in [-0.3, -0.25) is 4.79 Å². The van der Waals surface area contributed by atoms with Gasteiger partial charge in [0.15, 0.2) is 11.6 Å². The molecule has 0 radical (unpaired) electrons. The predicted molar refractivity (Wildman–Crippen MR) is 69.0 cm³/mol. The maximum Gasteiger partial charge on any atom is 0.257 e. The van der Waals surface area contributed by atoms with Crippen LogP contribution in [0.1, 0.15) is 16.8 Å². The lowest BCUT2D eigenvalue weighted by molar-refractivity contribution is 0.0705. The van der Waals surface area contributed by atoms with Crippen molar-refractivity contribution in [2.24, 2.45) is 5.14 Å². The van der Waals surface area contributed by atoms with E-state index in [1.165, 1.54) is 11.9 Å². The molecule has 0 aliphatic carbocycles. The molecule has 1 aromatic rings. The van der Waals surface area contributed by atoms with E-state index >= 15 is 0 Å². The molecule has 0 aromatic heterocycles. The molecule has 2 N–H and O–H groups in total. The van der Waals surface area contributed by atoms with Crippen molar-refractivity contribution >= 4 is 15.9 Å². The van der Waals surface area contributed by atoms with Gasteiger partial charge in [0.2, 0.25) is 10.0 Å². The molecule has 0 bridgehead atoms. The first-order valence-electron chi connectivity index (χ1n) is 6.08. The van der Waals surface area contributed by atoms with E-state index in [4.69, 9.17) is 9.88 Å². The molecule has 9 heteroatoms. The average molecular weight is 320 g/mol. The van der Waals surface area contributed by atoms with Gasteiger partial charge >= 0.3 is 0 Å². The Hall–Kier alpha value is -1.58. The molecule has 1 aliphatic heterocycles. The highest BCUT2D eigenvalue weighted by Crippen LogP contribution is 2.21. The first-order chi connectivity index (χ1) is 9.71. The summed E-state index contributed by atoms with van der Waals surface area (Å²) in [6, 6.07) is 0.917. The maximum absolute atomic E-state index is 13.8. The Labute approximate surface area is 120 Å². The van der Waals surface area contributed by atoms with Gasteiger partial charge in [0.25, 0.3) is 5.91 Å². The van der Waals surface area contributed by atoms with Crippen LogP contribution in [0.15, 0.2) is 17.0 Å². The van der Waals surface area contributed by atoms with Gasteiger partial charge < -0.3 is 9.64 Å². The summed E-state index contributed by atoms with van der Waals surface area (Å²) in [5.41, 5.74) is -0.673. The van der Waals surface area contributed by atoms with Crippen LogP contribution in [-0.2, 0) is 14.8 Å². The van der Waals surface area contributed by atoms with Crippen LogP contribution in [-0.4, -0.2) is 45.5 Å². The van der Waals surface area contributed by atoms with E-state index in [0.29, 0.717) is 25.7 Å². The Morgan fingerprint density at radius 2 is 2.10 bits per heavy atom. The van der Waals surface area contributed by atoms with Crippen LogP contribution >= 0.6 is 0 Å². The molecule has 0 saturated carbocycles. The third-order valence-electron chi connectivity index (χ3n) is 3.33. The zero-order valence-corrected chi connectivity index (χ0v) is 12.0. The Bertz CT molecular complexity index is 672. The number of nitrogens with two attached hydrogens (primary N) is 1. The topological polar surface area (TPSA) is 89.7 Å². The normalized spacial score (nSPS) is 18.8. The number of carbonyl (C=O) groups is 1. The minimum atomic E-state index is -4.24. The highest BCUT2D eigenvalue weighted by molar-refractivity contribution is 7.89. The van der Waals surface area contributed by atoms with E-state index in [0.717, 1.165) is 6.07 Å². The molecule has 1 atom stereocenters. The van der Waals surface area contributed by atoms with Crippen LogP contribution in [0.5, 0.6) is 0 Å². The lowest BCUT2D eigenvalue weighted by atomic mass is 10.1. The number of hydrogen-bond acceptors (Lipinski definition) is 4. The first-order valence-corrected chi connectivity index (χ1v) is 7.63. The molecule has 1 amide bonds. The highest BCUT2D eigenvalue weighted by atomic mass is 32.2. The van der Waals surface area contributed by atoms with E-state index in [1.54, 1.807) is 0 Å². The average Bonchev–Trinajstić information content (AvgIpc) is 2.92. The van der Waals surface area contributed by atoms with Gasteiger partial charge in [-0.25, -0.2) is 22.3 Å². The summed E-state index contributed by atoms with van der Waals surface area (Å²) in [5, 5.41) is 4.88. The lowest BCUT2D eigenvalue weighted by Crippen LogP contribution is -2.38. The van der Waals surface area contributed by atoms with Crippen molar-refractivity contribution in [2.75, 3.05) is 20.3 Å². The molecule has 1 unspecified atom stereocenters. The van der Waals surface area contributed by atoms with Crippen molar-refractivity contribution < 1.29 is 26.7 Å². The zero-order chi connectivity index (χ0) is 15.8. The summed E-state index contributed by atoms with van der Waals surface area (Å²) < 4.78 is 54.9. The summed E-state index contributed by atoms with van der Waals surface area (Å²) >= 11 is 0. The molecule has 1 saturated heterocycles. The van der Waals surface area contributed by atoms with Gasteiger partial charge in [-0.2, -0.15) is 0 Å². The second-order valence-corrected chi connectivity index (χ2v) is 6.31. The fraction of sp³-hybridized carbons (Fsp3) is 0.417. The van der Waals surface area contributed by atoms with Crippen LogP contribution in [0.2, 0.25) is 0 Å². The van der Waals surface area contributed by atoms with Crippen LogP contribution in [0, 0.1) is 11.6 Å². The van der Waals surface area contributed by atoms with Crippen molar-refractivity contribution in [1.82, 2.24) is 4.90 Å². The smallest absolute Gasteiger partial charge is 0.257 e. The predicted octanol–water partition coefficient (Wildman–Crippen LogP) is 0.473. The minimum Gasteiger partial charge on any atom is -0.379 e. The van der Waals surface area contributed by atoms with Crippen molar-refractivity contribution in [1.29, 1.82) is 0 Å². The molecule has 1 fully saturated rings. The summed E-state index contributed by atoms with van der Waals surface area (Å²) in [6.45, 7) is 0.761. The molecule has 0 spiro atoms. The van der Waals surface area contributed by atoms with Crippen molar-refractivity contribution in [2.45, 2.75) is 17.4 Å². The van der Waals surface area contributed by atoms with Gasteiger partial charge in [-0.1, -0.05) is 0 Å². The fourth-order valence-corrected chi connectivity index (χ4v) is 2.62. The number of likely N-dealkylation sites (N-methyl/N-ethyl adjacent to an activating group) is 1. The van der Waals surface area contributed by atoms with Gasteiger partial charge in [0, 0.05) is 13.7 Å². The molecule has 6 nitrogen and oxygen atoms in total. The highest BCUT2D eigenvalue weighted by Gasteiger charge is 2.28. The van der Waals surface area contributed by atoms with Gasteiger partial charge in [0.1, 0.15) is 0 Å². The Kier molecular flexibility index (Phi) is 4.26. The number of amides is 1. The van der Waals surface area contributed by atoms with Crippen LogP contribution in [0.3, 0.4) is 0 Å². The van der Waals surface area contributed by atoms with Gasteiger partial charge in [-0.05, 0) is 18.6 Å². The van der Waals surface area contributed by atoms with E-state index in [2.05, 4.69) is 0 Å². The third-order valence-corrected chi connectivity index (χ3v) is 4.23. The Balaban J connectivity index is 2.42. The standard InChI is InChI=1S/C12H14F2N2O4S/c1-16(7-2-3-20-6-7)12(17)9-4-8(21(15,18)19)5-10(13)11(9)14/h4-5,7H,2-3,6H2,1H3,(H2,15,18,19).